The summed E-state index contributed by atoms with van der Waals surface area (Å²) in [5.41, 5.74) is 4.95. The molecule has 0 aliphatic heterocycles. The van der Waals surface area contributed by atoms with Crippen molar-refractivity contribution in [1.29, 1.82) is 0 Å². The Balaban J connectivity index is 2.61. The maximum absolute atomic E-state index is 4.58. The number of aryl methyl sites for hydroxylation is 3. The zero-order valence-electron chi connectivity index (χ0n) is 13.4. The molecule has 1 unspecified atom stereocenters. The molecule has 3 heteroatoms. The van der Waals surface area contributed by atoms with Crippen molar-refractivity contribution in [2.45, 2.75) is 47.6 Å². The monoisotopic (exact) mass is 263 g/mol. The number of rotatable bonds is 7. The molecule has 0 aliphatic rings. The first-order chi connectivity index (χ1) is 8.99. The van der Waals surface area contributed by atoms with E-state index in [0.717, 1.165) is 37.6 Å². The molecule has 0 aromatic carbocycles. The van der Waals surface area contributed by atoms with Crippen LogP contribution in [0.2, 0.25) is 0 Å². The summed E-state index contributed by atoms with van der Waals surface area (Å²) in [7, 11) is 0. The van der Waals surface area contributed by atoms with E-state index in [9.17, 15) is 0 Å². The molecule has 0 spiro atoms. The predicted molar refractivity (Wildman–Crippen MR) is 82.7 cm³/mol. The van der Waals surface area contributed by atoms with Crippen molar-refractivity contribution >= 4 is 0 Å². The van der Waals surface area contributed by atoms with Gasteiger partial charge in [-0.15, -0.1) is 0 Å². The molecule has 1 atom stereocenters. The molecule has 0 aliphatic carbocycles. The van der Waals surface area contributed by atoms with E-state index in [1.54, 1.807) is 0 Å². The van der Waals surface area contributed by atoms with Crippen LogP contribution in [0.4, 0.5) is 0 Å². The Labute approximate surface area is 118 Å². The lowest BCUT2D eigenvalue weighted by Crippen LogP contribution is -2.33. The van der Waals surface area contributed by atoms with E-state index in [0.29, 0.717) is 6.04 Å². The summed E-state index contributed by atoms with van der Waals surface area (Å²) < 4.78 is 0. The van der Waals surface area contributed by atoms with Gasteiger partial charge in [-0.1, -0.05) is 13.8 Å². The van der Waals surface area contributed by atoms with E-state index >= 15 is 0 Å². The third-order valence-corrected chi connectivity index (χ3v) is 3.79. The van der Waals surface area contributed by atoms with Gasteiger partial charge < -0.3 is 10.2 Å². The fraction of sp³-hybridized carbons (Fsp3) is 0.688. The molecule has 1 N–H and O–H groups in total. The summed E-state index contributed by atoms with van der Waals surface area (Å²) >= 11 is 0. The Morgan fingerprint density at radius 1 is 1.21 bits per heavy atom. The Bertz CT molecular complexity index is 374. The third-order valence-electron chi connectivity index (χ3n) is 3.79. The van der Waals surface area contributed by atoms with Crippen LogP contribution in [0.3, 0.4) is 0 Å². The molecule has 1 aromatic heterocycles. The number of aromatic nitrogens is 1. The van der Waals surface area contributed by atoms with Crippen LogP contribution in [-0.2, 0) is 0 Å². The molecule has 108 valence electrons. The quantitative estimate of drug-likeness (QED) is 0.819. The lowest BCUT2D eigenvalue weighted by atomic mass is 10.0. The Hall–Kier alpha value is -0.930. The van der Waals surface area contributed by atoms with E-state index in [-0.39, 0.29) is 0 Å². The highest BCUT2D eigenvalue weighted by Crippen LogP contribution is 2.20. The van der Waals surface area contributed by atoms with Crippen molar-refractivity contribution in [3.05, 3.63) is 28.6 Å². The minimum atomic E-state index is 0.365. The first-order valence-electron chi connectivity index (χ1n) is 7.40. The molecule has 3 nitrogen and oxygen atoms in total. The second kappa shape index (κ2) is 7.61. The second-order valence-electron chi connectivity index (χ2n) is 5.28. The summed E-state index contributed by atoms with van der Waals surface area (Å²) in [6.07, 6.45) is 0. The molecule has 1 rings (SSSR count). The van der Waals surface area contributed by atoms with Crippen LogP contribution in [0.25, 0.3) is 0 Å². The summed E-state index contributed by atoms with van der Waals surface area (Å²) in [4.78, 5) is 7.02. The van der Waals surface area contributed by atoms with Gasteiger partial charge in [-0.25, -0.2) is 0 Å². The van der Waals surface area contributed by atoms with Crippen molar-refractivity contribution in [2.75, 3.05) is 26.2 Å². The first kappa shape index (κ1) is 16.1. The average molecular weight is 263 g/mol. The highest BCUT2D eigenvalue weighted by atomic mass is 15.1. The maximum atomic E-state index is 4.58. The number of nitrogens with one attached hydrogen (secondary N) is 1. The largest absolute Gasteiger partial charge is 0.309 e. The van der Waals surface area contributed by atoms with Crippen LogP contribution in [0.15, 0.2) is 6.07 Å². The average Bonchev–Trinajstić information content (AvgIpc) is 2.33. The molecular formula is C16H29N3. The summed E-state index contributed by atoms with van der Waals surface area (Å²) in [5, 5.41) is 3.62. The van der Waals surface area contributed by atoms with E-state index in [2.05, 4.69) is 62.8 Å². The summed E-state index contributed by atoms with van der Waals surface area (Å²) in [6, 6.07) is 2.54. The van der Waals surface area contributed by atoms with Gasteiger partial charge in [0.2, 0.25) is 0 Å². The van der Waals surface area contributed by atoms with E-state index in [1.807, 2.05) is 0 Å². The minimum Gasteiger partial charge on any atom is -0.309 e. The van der Waals surface area contributed by atoms with Gasteiger partial charge in [0.15, 0.2) is 0 Å². The number of hydrogen-bond acceptors (Lipinski definition) is 3. The van der Waals surface area contributed by atoms with E-state index in [1.165, 1.54) is 11.1 Å². The molecule has 0 fully saturated rings. The summed E-state index contributed by atoms with van der Waals surface area (Å²) in [6.45, 7) is 17.4. The molecule has 0 saturated carbocycles. The number of nitrogens with zero attached hydrogens (tertiary/aromatic N) is 2. The van der Waals surface area contributed by atoms with Gasteiger partial charge in [-0.05, 0) is 58.0 Å². The third kappa shape index (κ3) is 4.59. The van der Waals surface area contributed by atoms with Crippen LogP contribution in [0, 0.1) is 20.8 Å². The van der Waals surface area contributed by atoms with Crippen molar-refractivity contribution in [3.63, 3.8) is 0 Å². The van der Waals surface area contributed by atoms with Crippen molar-refractivity contribution < 1.29 is 0 Å². The normalized spacial score (nSPS) is 13.0. The summed E-state index contributed by atoms with van der Waals surface area (Å²) in [5.74, 6) is 0. The van der Waals surface area contributed by atoms with E-state index in [4.69, 9.17) is 0 Å². The molecule has 0 radical (unpaired) electrons. The Kier molecular flexibility index (Phi) is 6.46. The van der Waals surface area contributed by atoms with Crippen molar-refractivity contribution in [2.24, 2.45) is 0 Å². The van der Waals surface area contributed by atoms with Gasteiger partial charge >= 0.3 is 0 Å². The standard InChI is InChI=1S/C16H29N3/c1-7-19(8-2)10-9-17-14(5)16-12(3)11-13(4)18-15(16)6/h11,14,17H,7-10H2,1-6H3. The number of pyridine rings is 1. The molecule has 0 saturated heterocycles. The minimum absolute atomic E-state index is 0.365. The van der Waals surface area contributed by atoms with E-state index < -0.39 is 0 Å². The lowest BCUT2D eigenvalue weighted by molar-refractivity contribution is 0.297. The number of likely N-dealkylation sites (N-methyl/N-ethyl adjacent to an activating group) is 1. The Morgan fingerprint density at radius 2 is 1.84 bits per heavy atom. The first-order valence-corrected chi connectivity index (χ1v) is 7.40. The van der Waals surface area contributed by atoms with Gasteiger partial charge in [0.05, 0.1) is 0 Å². The van der Waals surface area contributed by atoms with Gasteiger partial charge in [-0.3, -0.25) is 4.98 Å². The van der Waals surface area contributed by atoms with Gasteiger partial charge in [0.25, 0.3) is 0 Å². The fourth-order valence-electron chi connectivity index (χ4n) is 2.77. The molecule has 1 heterocycles. The second-order valence-corrected chi connectivity index (χ2v) is 5.28. The smallest absolute Gasteiger partial charge is 0.0426 e. The zero-order valence-corrected chi connectivity index (χ0v) is 13.4. The topological polar surface area (TPSA) is 28.2 Å². The Morgan fingerprint density at radius 3 is 2.37 bits per heavy atom. The highest BCUT2D eigenvalue weighted by Gasteiger charge is 2.12. The van der Waals surface area contributed by atoms with Gasteiger partial charge in [-0.2, -0.15) is 0 Å². The number of hydrogen-bond donors (Lipinski definition) is 1. The van der Waals surface area contributed by atoms with Crippen LogP contribution >= 0.6 is 0 Å². The van der Waals surface area contributed by atoms with Crippen LogP contribution in [-0.4, -0.2) is 36.1 Å². The van der Waals surface area contributed by atoms with Crippen LogP contribution < -0.4 is 5.32 Å². The zero-order chi connectivity index (χ0) is 14.4. The van der Waals surface area contributed by atoms with Crippen molar-refractivity contribution in [3.8, 4) is 0 Å². The highest BCUT2D eigenvalue weighted by molar-refractivity contribution is 5.33. The molecule has 0 amide bonds. The lowest BCUT2D eigenvalue weighted by Gasteiger charge is -2.22. The fourth-order valence-corrected chi connectivity index (χ4v) is 2.77. The SMILES string of the molecule is CCN(CC)CCNC(C)c1c(C)cc(C)nc1C. The molecular weight excluding hydrogens is 234 g/mol. The predicted octanol–water partition coefficient (Wildman–Crippen LogP) is 3.00. The maximum Gasteiger partial charge on any atom is 0.0426 e. The molecule has 0 bridgehead atoms. The van der Waals surface area contributed by atoms with Gasteiger partial charge in [0.1, 0.15) is 0 Å². The van der Waals surface area contributed by atoms with Crippen LogP contribution in [0.1, 0.15) is 49.3 Å². The molecule has 19 heavy (non-hydrogen) atoms. The van der Waals surface area contributed by atoms with Crippen molar-refractivity contribution in [1.82, 2.24) is 15.2 Å². The van der Waals surface area contributed by atoms with Crippen LogP contribution in [0.5, 0.6) is 0 Å². The van der Waals surface area contributed by atoms with Gasteiger partial charge in [0, 0.05) is 30.5 Å². The molecule has 1 aromatic rings.